The third kappa shape index (κ3) is 5.51. The zero-order valence-electron chi connectivity index (χ0n) is 12.8. The van der Waals surface area contributed by atoms with Crippen LogP contribution in [0.4, 0.5) is 0 Å². The van der Waals surface area contributed by atoms with Gasteiger partial charge < -0.3 is 9.64 Å². The molecule has 0 aromatic heterocycles. The highest BCUT2D eigenvalue weighted by Crippen LogP contribution is 2.24. The number of halogens is 1. The van der Waals surface area contributed by atoms with E-state index in [0.717, 1.165) is 13.0 Å². The van der Waals surface area contributed by atoms with Crippen LogP contribution in [0.1, 0.15) is 37.0 Å². The first kappa shape index (κ1) is 17.0. The van der Waals surface area contributed by atoms with Crippen LogP contribution in [0.3, 0.4) is 0 Å². The predicted octanol–water partition coefficient (Wildman–Crippen LogP) is 3.90. The maximum Gasteiger partial charge on any atom is 0.164 e. The summed E-state index contributed by atoms with van der Waals surface area (Å²) >= 11 is 6.15. The standard InChI is InChI=1S/C16H24ClNO2/c1-5-6-16(19)14-8-7-13(9-15(14)17)20-11-12(2)10-18(3)4/h7-9,12H,5-6,10-11H2,1-4H3. The molecule has 0 N–H and O–H groups in total. The Morgan fingerprint density at radius 3 is 2.65 bits per heavy atom. The van der Waals surface area contributed by atoms with Gasteiger partial charge in [0.25, 0.3) is 0 Å². The van der Waals surface area contributed by atoms with Crippen molar-refractivity contribution in [3.63, 3.8) is 0 Å². The third-order valence-corrected chi connectivity index (χ3v) is 3.24. The minimum Gasteiger partial charge on any atom is -0.493 e. The zero-order chi connectivity index (χ0) is 15.1. The summed E-state index contributed by atoms with van der Waals surface area (Å²) in [6, 6.07) is 5.30. The Morgan fingerprint density at radius 1 is 1.40 bits per heavy atom. The molecule has 112 valence electrons. The molecule has 0 bridgehead atoms. The lowest BCUT2D eigenvalue weighted by Gasteiger charge is -2.17. The van der Waals surface area contributed by atoms with Crippen molar-refractivity contribution in [2.24, 2.45) is 5.92 Å². The molecule has 1 aromatic carbocycles. The fraction of sp³-hybridized carbons (Fsp3) is 0.562. The van der Waals surface area contributed by atoms with Crippen LogP contribution in [-0.4, -0.2) is 37.9 Å². The summed E-state index contributed by atoms with van der Waals surface area (Å²) < 4.78 is 5.72. The van der Waals surface area contributed by atoms with E-state index in [-0.39, 0.29) is 5.78 Å². The van der Waals surface area contributed by atoms with Crippen molar-refractivity contribution in [3.8, 4) is 5.75 Å². The van der Waals surface area contributed by atoms with Gasteiger partial charge in [0.1, 0.15) is 5.75 Å². The van der Waals surface area contributed by atoms with Crippen molar-refractivity contribution in [2.75, 3.05) is 27.2 Å². The number of ketones is 1. The van der Waals surface area contributed by atoms with Crippen LogP contribution >= 0.6 is 11.6 Å². The van der Waals surface area contributed by atoms with E-state index in [9.17, 15) is 4.79 Å². The molecule has 0 saturated carbocycles. The quantitative estimate of drug-likeness (QED) is 0.682. The summed E-state index contributed by atoms with van der Waals surface area (Å²) in [4.78, 5) is 14.0. The Hall–Kier alpha value is -1.06. The van der Waals surface area contributed by atoms with Gasteiger partial charge in [-0.25, -0.2) is 0 Å². The molecule has 1 rings (SSSR count). The molecule has 0 spiro atoms. The van der Waals surface area contributed by atoms with Gasteiger partial charge in [0, 0.05) is 24.4 Å². The van der Waals surface area contributed by atoms with Crippen LogP contribution in [-0.2, 0) is 0 Å². The van der Waals surface area contributed by atoms with Gasteiger partial charge in [-0.15, -0.1) is 0 Å². The maximum absolute atomic E-state index is 11.8. The number of nitrogens with zero attached hydrogens (tertiary/aromatic N) is 1. The second-order valence-corrected chi connectivity index (χ2v) is 5.90. The topological polar surface area (TPSA) is 29.5 Å². The number of ether oxygens (including phenoxy) is 1. The van der Waals surface area contributed by atoms with Gasteiger partial charge >= 0.3 is 0 Å². The van der Waals surface area contributed by atoms with Crippen molar-refractivity contribution in [3.05, 3.63) is 28.8 Å². The van der Waals surface area contributed by atoms with E-state index in [4.69, 9.17) is 16.3 Å². The SMILES string of the molecule is CCCC(=O)c1ccc(OCC(C)CN(C)C)cc1Cl. The summed E-state index contributed by atoms with van der Waals surface area (Å²) in [6.07, 6.45) is 1.36. The lowest BCUT2D eigenvalue weighted by atomic mass is 10.1. The molecular weight excluding hydrogens is 274 g/mol. The Labute approximate surface area is 126 Å². The molecule has 0 radical (unpaired) electrons. The zero-order valence-corrected chi connectivity index (χ0v) is 13.5. The van der Waals surface area contributed by atoms with E-state index in [0.29, 0.717) is 35.3 Å². The highest BCUT2D eigenvalue weighted by molar-refractivity contribution is 6.34. The van der Waals surface area contributed by atoms with Crippen LogP contribution in [0.2, 0.25) is 5.02 Å². The van der Waals surface area contributed by atoms with E-state index in [1.807, 2.05) is 27.1 Å². The summed E-state index contributed by atoms with van der Waals surface area (Å²) in [6.45, 7) is 5.73. The number of carbonyl (C=O) groups excluding carboxylic acids is 1. The molecule has 1 unspecified atom stereocenters. The Kier molecular flexibility index (Phi) is 7.03. The Morgan fingerprint density at radius 2 is 2.10 bits per heavy atom. The summed E-state index contributed by atoms with van der Waals surface area (Å²) in [5.74, 6) is 1.24. The van der Waals surface area contributed by atoms with Gasteiger partial charge in [0.2, 0.25) is 0 Å². The predicted molar refractivity (Wildman–Crippen MR) is 83.9 cm³/mol. The number of carbonyl (C=O) groups is 1. The van der Waals surface area contributed by atoms with E-state index in [2.05, 4.69) is 11.8 Å². The van der Waals surface area contributed by atoms with Crippen LogP contribution in [0.5, 0.6) is 5.75 Å². The monoisotopic (exact) mass is 297 g/mol. The Balaban J connectivity index is 2.61. The molecule has 0 amide bonds. The van der Waals surface area contributed by atoms with E-state index >= 15 is 0 Å². The molecular formula is C16H24ClNO2. The molecule has 0 fully saturated rings. The van der Waals surface area contributed by atoms with Crippen molar-refractivity contribution in [2.45, 2.75) is 26.7 Å². The fourth-order valence-electron chi connectivity index (χ4n) is 2.09. The second kappa shape index (κ2) is 8.28. The minimum atomic E-state index is 0.0880. The molecule has 0 aliphatic rings. The molecule has 20 heavy (non-hydrogen) atoms. The molecule has 3 nitrogen and oxygen atoms in total. The molecule has 1 aromatic rings. The van der Waals surface area contributed by atoms with Gasteiger partial charge in [-0.3, -0.25) is 4.79 Å². The van der Waals surface area contributed by atoms with Crippen molar-refractivity contribution >= 4 is 17.4 Å². The number of benzene rings is 1. The second-order valence-electron chi connectivity index (χ2n) is 5.49. The maximum atomic E-state index is 11.8. The lowest BCUT2D eigenvalue weighted by Crippen LogP contribution is -2.24. The van der Waals surface area contributed by atoms with E-state index in [1.165, 1.54) is 0 Å². The number of hydrogen-bond acceptors (Lipinski definition) is 3. The highest BCUT2D eigenvalue weighted by atomic mass is 35.5. The van der Waals surface area contributed by atoms with Crippen molar-refractivity contribution in [1.29, 1.82) is 0 Å². The largest absolute Gasteiger partial charge is 0.493 e. The smallest absolute Gasteiger partial charge is 0.164 e. The highest BCUT2D eigenvalue weighted by Gasteiger charge is 2.11. The van der Waals surface area contributed by atoms with E-state index < -0.39 is 0 Å². The van der Waals surface area contributed by atoms with Gasteiger partial charge in [0.15, 0.2) is 5.78 Å². The van der Waals surface area contributed by atoms with Crippen LogP contribution in [0.25, 0.3) is 0 Å². The number of Topliss-reactive ketones (excluding diaryl/α,β-unsaturated/α-hetero) is 1. The van der Waals surface area contributed by atoms with Gasteiger partial charge in [-0.05, 0) is 38.7 Å². The fourth-order valence-corrected chi connectivity index (χ4v) is 2.36. The van der Waals surface area contributed by atoms with Crippen molar-refractivity contribution < 1.29 is 9.53 Å². The Bertz CT molecular complexity index is 446. The molecule has 0 saturated heterocycles. The number of hydrogen-bond donors (Lipinski definition) is 0. The van der Waals surface area contributed by atoms with Gasteiger partial charge in [-0.2, -0.15) is 0 Å². The van der Waals surface area contributed by atoms with E-state index in [1.54, 1.807) is 12.1 Å². The molecule has 0 heterocycles. The average Bonchev–Trinajstić information content (AvgIpc) is 2.35. The first-order valence-electron chi connectivity index (χ1n) is 7.04. The van der Waals surface area contributed by atoms with Crippen molar-refractivity contribution in [1.82, 2.24) is 4.90 Å². The summed E-state index contributed by atoms with van der Waals surface area (Å²) in [5, 5.41) is 0.473. The van der Waals surface area contributed by atoms with Crippen LogP contribution < -0.4 is 4.74 Å². The minimum absolute atomic E-state index is 0.0880. The average molecular weight is 298 g/mol. The molecule has 4 heteroatoms. The first-order chi connectivity index (χ1) is 9.43. The van der Waals surface area contributed by atoms with Gasteiger partial charge in [-0.1, -0.05) is 25.4 Å². The third-order valence-electron chi connectivity index (χ3n) is 2.93. The van der Waals surface area contributed by atoms with Gasteiger partial charge in [0.05, 0.1) is 11.6 Å². The summed E-state index contributed by atoms with van der Waals surface area (Å²) in [7, 11) is 4.09. The van der Waals surface area contributed by atoms with Crippen LogP contribution in [0, 0.1) is 5.92 Å². The molecule has 0 aliphatic carbocycles. The summed E-state index contributed by atoms with van der Waals surface area (Å²) in [5.41, 5.74) is 0.585. The lowest BCUT2D eigenvalue weighted by molar-refractivity contribution is 0.0982. The molecule has 1 atom stereocenters. The first-order valence-corrected chi connectivity index (χ1v) is 7.42. The number of rotatable bonds is 8. The molecule has 0 aliphatic heterocycles. The normalized spacial score (nSPS) is 12.5. The van der Waals surface area contributed by atoms with Crippen LogP contribution in [0.15, 0.2) is 18.2 Å².